The van der Waals surface area contributed by atoms with E-state index >= 15 is 0 Å². The normalized spacial score (nSPS) is 31.1. The van der Waals surface area contributed by atoms with Crippen LogP contribution in [0, 0.1) is 23.7 Å². The van der Waals surface area contributed by atoms with Crippen LogP contribution in [0.5, 0.6) is 0 Å². The average molecular weight is 325 g/mol. The number of piperidine rings is 1. The molecule has 0 radical (unpaired) electrons. The number of benzene rings is 1. The first-order valence-electron chi connectivity index (χ1n) is 7.60. The second kappa shape index (κ2) is 5.45. The number of oxime groups is 1. The van der Waals surface area contributed by atoms with Crippen LogP contribution >= 0.6 is 23.2 Å². The number of nitrogens with one attached hydrogen (secondary N) is 1. The van der Waals surface area contributed by atoms with Gasteiger partial charge in [0.15, 0.2) is 0 Å². The van der Waals surface area contributed by atoms with Gasteiger partial charge in [0, 0.05) is 11.5 Å². The summed E-state index contributed by atoms with van der Waals surface area (Å²) >= 11 is 12.2. The standard InChI is InChI=1S/C16H18Cl2N2O/c17-13-4-3-10(5-14(13)18)16(20-21-8-9-1-2-9)15-11-6-19-7-12(11)15/h3-5,9,11-12,15,19H,1-2,6-8H2. The van der Waals surface area contributed by atoms with Gasteiger partial charge in [-0.15, -0.1) is 0 Å². The molecule has 2 atom stereocenters. The highest BCUT2D eigenvalue weighted by Crippen LogP contribution is 2.51. The molecule has 1 N–H and O–H groups in total. The lowest BCUT2D eigenvalue weighted by Crippen LogP contribution is -2.20. The second-order valence-electron chi connectivity index (χ2n) is 6.36. The minimum Gasteiger partial charge on any atom is -0.395 e. The molecular weight excluding hydrogens is 307 g/mol. The minimum atomic E-state index is 0.502. The summed E-state index contributed by atoms with van der Waals surface area (Å²) in [4.78, 5) is 5.60. The van der Waals surface area contributed by atoms with E-state index in [-0.39, 0.29) is 0 Å². The molecule has 2 aliphatic carbocycles. The van der Waals surface area contributed by atoms with Crippen molar-refractivity contribution in [2.45, 2.75) is 12.8 Å². The Bertz CT molecular complexity index is 576. The molecule has 3 aliphatic rings. The molecule has 0 amide bonds. The Morgan fingerprint density at radius 2 is 1.95 bits per heavy atom. The van der Waals surface area contributed by atoms with Crippen molar-refractivity contribution in [1.29, 1.82) is 0 Å². The molecule has 1 saturated heterocycles. The van der Waals surface area contributed by atoms with Crippen LogP contribution in [0.1, 0.15) is 18.4 Å². The highest BCUT2D eigenvalue weighted by molar-refractivity contribution is 6.42. The monoisotopic (exact) mass is 324 g/mol. The van der Waals surface area contributed by atoms with E-state index < -0.39 is 0 Å². The van der Waals surface area contributed by atoms with Crippen LogP contribution in [0.15, 0.2) is 23.4 Å². The fourth-order valence-electron chi connectivity index (χ4n) is 3.28. The SMILES string of the molecule is Clc1ccc(C(=NOCC2CC2)C2C3CNCC32)cc1Cl. The van der Waals surface area contributed by atoms with Crippen LogP contribution in [0.2, 0.25) is 10.0 Å². The highest BCUT2D eigenvalue weighted by Gasteiger charge is 2.55. The first kappa shape index (κ1) is 13.9. The predicted octanol–water partition coefficient (Wildman–Crippen LogP) is 3.59. The Balaban J connectivity index is 1.57. The highest BCUT2D eigenvalue weighted by atomic mass is 35.5. The summed E-state index contributed by atoms with van der Waals surface area (Å²) in [5.41, 5.74) is 2.09. The van der Waals surface area contributed by atoms with E-state index in [0.717, 1.165) is 31.0 Å². The summed E-state index contributed by atoms with van der Waals surface area (Å²) in [6, 6.07) is 5.74. The van der Waals surface area contributed by atoms with Crippen molar-refractivity contribution >= 4 is 28.9 Å². The quantitative estimate of drug-likeness (QED) is 0.663. The van der Waals surface area contributed by atoms with Gasteiger partial charge in [-0.25, -0.2) is 0 Å². The molecule has 0 spiro atoms. The lowest BCUT2D eigenvalue weighted by molar-refractivity contribution is 0.133. The predicted molar refractivity (Wildman–Crippen MR) is 85.0 cm³/mol. The molecule has 4 rings (SSSR count). The summed E-state index contributed by atoms with van der Waals surface area (Å²) in [7, 11) is 0. The Hall–Kier alpha value is -0.770. The van der Waals surface area contributed by atoms with Crippen molar-refractivity contribution in [2.24, 2.45) is 28.8 Å². The third-order valence-corrected chi connectivity index (χ3v) is 5.53. The zero-order valence-corrected chi connectivity index (χ0v) is 13.2. The smallest absolute Gasteiger partial charge is 0.120 e. The molecule has 3 fully saturated rings. The maximum absolute atomic E-state index is 6.16. The molecule has 1 aromatic carbocycles. The van der Waals surface area contributed by atoms with E-state index in [4.69, 9.17) is 28.0 Å². The van der Waals surface area contributed by atoms with Crippen molar-refractivity contribution in [2.75, 3.05) is 19.7 Å². The largest absolute Gasteiger partial charge is 0.395 e. The molecule has 5 heteroatoms. The summed E-state index contributed by atoms with van der Waals surface area (Å²) in [6.07, 6.45) is 2.55. The Kier molecular flexibility index (Phi) is 3.60. The molecule has 2 unspecified atom stereocenters. The number of hydrogen-bond acceptors (Lipinski definition) is 3. The van der Waals surface area contributed by atoms with Crippen LogP contribution in [0.25, 0.3) is 0 Å². The fraction of sp³-hybridized carbons (Fsp3) is 0.562. The van der Waals surface area contributed by atoms with Crippen LogP contribution in [-0.4, -0.2) is 25.4 Å². The number of halogens is 2. The third-order valence-electron chi connectivity index (χ3n) is 4.79. The van der Waals surface area contributed by atoms with Gasteiger partial charge in [0.05, 0.1) is 15.8 Å². The van der Waals surface area contributed by atoms with Crippen molar-refractivity contribution in [1.82, 2.24) is 5.32 Å². The Morgan fingerprint density at radius 1 is 1.19 bits per heavy atom. The van der Waals surface area contributed by atoms with E-state index in [9.17, 15) is 0 Å². The lowest BCUT2D eigenvalue weighted by Gasteiger charge is -2.10. The van der Waals surface area contributed by atoms with Gasteiger partial charge >= 0.3 is 0 Å². The number of rotatable bonds is 5. The number of nitrogens with zero attached hydrogens (tertiary/aromatic N) is 1. The zero-order chi connectivity index (χ0) is 14.4. The van der Waals surface area contributed by atoms with E-state index in [1.807, 2.05) is 18.2 Å². The molecular formula is C16H18Cl2N2O. The maximum atomic E-state index is 6.16. The van der Waals surface area contributed by atoms with Gasteiger partial charge in [-0.3, -0.25) is 0 Å². The van der Waals surface area contributed by atoms with Crippen molar-refractivity contribution in [3.63, 3.8) is 0 Å². The molecule has 2 saturated carbocycles. The van der Waals surface area contributed by atoms with E-state index in [2.05, 4.69) is 10.5 Å². The van der Waals surface area contributed by atoms with Gasteiger partial charge in [0.1, 0.15) is 6.61 Å². The van der Waals surface area contributed by atoms with Crippen LogP contribution in [0.4, 0.5) is 0 Å². The first-order chi connectivity index (χ1) is 10.2. The number of fused-ring (bicyclic) bond motifs is 1. The van der Waals surface area contributed by atoms with Gasteiger partial charge in [-0.05, 0) is 55.8 Å². The van der Waals surface area contributed by atoms with Crippen molar-refractivity contribution in [3.05, 3.63) is 33.8 Å². The fourth-order valence-corrected chi connectivity index (χ4v) is 3.58. The summed E-state index contributed by atoms with van der Waals surface area (Å²) in [5, 5.41) is 9.05. The first-order valence-corrected chi connectivity index (χ1v) is 8.35. The van der Waals surface area contributed by atoms with Gasteiger partial charge in [0.25, 0.3) is 0 Å². The van der Waals surface area contributed by atoms with Gasteiger partial charge < -0.3 is 10.2 Å². The molecule has 112 valence electrons. The van der Waals surface area contributed by atoms with Crippen molar-refractivity contribution < 1.29 is 4.84 Å². The zero-order valence-electron chi connectivity index (χ0n) is 11.7. The molecule has 1 aliphatic heterocycles. The topological polar surface area (TPSA) is 33.6 Å². The van der Waals surface area contributed by atoms with E-state index in [1.165, 1.54) is 12.8 Å². The van der Waals surface area contributed by atoms with Gasteiger partial charge in [-0.1, -0.05) is 34.4 Å². The number of hydrogen-bond donors (Lipinski definition) is 1. The molecule has 0 aromatic heterocycles. The van der Waals surface area contributed by atoms with Crippen LogP contribution < -0.4 is 5.32 Å². The molecule has 21 heavy (non-hydrogen) atoms. The lowest BCUT2D eigenvalue weighted by atomic mass is 10.0. The summed E-state index contributed by atoms with van der Waals surface area (Å²) in [5.74, 6) is 2.61. The Labute approximate surface area is 134 Å². The van der Waals surface area contributed by atoms with Gasteiger partial charge in [0.2, 0.25) is 0 Å². The van der Waals surface area contributed by atoms with Crippen LogP contribution in [-0.2, 0) is 4.84 Å². The molecule has 3 nitrogen and oxygen atoms in total. The molecule has 1 aromatic rings. The average Bonchev–Trinajstić information content (AvgIpc) is 3.37. The van der Waals surface area contributed by atoms with E-state index in [1.54, 1.807) is 0 Å². The summed E-state index contributed by atoms with van der Waals surface area (Å²) < 4.78 is 0. The minimum absolute atomic E-state index is 0.502. The third kappa shape index (κ3) is 2.79. The second-order valence-corrected chi connectivity index (χ2v) is 7.17. The van der Waals surface area contributed by atoms with Crippen LogP contribution in [0.3, 0.4) is 0 Å². The van der Waals surface area contributed by atoms with Crippen molar-refractivity contribution in [3.8, 4) is 0 Å². The summed E-state index contributed by atoms with van der Waals surface area (Å²) in [6.45, 7) is 2.90. The molecule has 1 heterocycles. The van der Waals surface area contributed by atoms with E-state index in [0.29, 0.717) is 33.7 Å². The Morgan fingerprint density at radius 3 is 2.62 bits per heavy atom. The van der Waals surface area contributed by atoms with Gasteiger partial charge in [-0.2, -0.15) is 0 Å². The maximum Gasteiger partial charge on any atom is 0.120 e. The molecule has 0 bridgehead atoms.